The zero-order chi connectivity index (χ0) is 32.5. The SMILES string of the molecule is CCOP(=O)(OCC)N(C)CC[N+]1([O-])CCc2nc(Nc3ncc(F)c(-c4cc(F)c5nc(C)n(C(C)C)c5c4)n3)ccc2C1. The minimum atomic E-state index is -3.45. The molecule has 1 aromatic carbocycles. The van der Waals surface area contributed by atoms with Crippen LogP contribution in [0.5, 0.6) is 0 Å². The van der Waals surface area contributed by atoms with Crippen LogP contribution in [0, 0.1) is 23.8 Å². The summed E-state index contributed by atoms with van der Waals surface area (Å²) in [6.07, 6.45) is 1.47. The van der Waals surface area contributed by atoms with Gasteiger partial charge in [0, 0.05) is 23.6 Å². The van der Waals surface area contributed by atoms with Gasteiger partial charge in [-0.3, -0.25) is 9.05 Å². The van der Waals surface area contributed by atoms with Crippen LogP contribution >= 0.6 is 7.75 Å². The number of benzene rings is 1. The molecule has 0 fully saturated rings. The zero-order valence-corrected chi connectivity index (χ0v) is 27.3. The van der Waals surface area contributed by atoms with E-state index in [0.29, 0.717) is 30.1 Å². The van der Waals surface area contributed by atoms with Crippen molar-refractivity contribution in [2.75, 3.05) is 45.2 Å². The average Bonchev–Trinajstić information content (AvgIpc) is 3.34. The molecule has 0 saturated carbocycles. The average molecular weight is 645 g/mol. The van der Waals surface area contributed by atoms with Crippen molar-refractivity contribution in [3.8, 4) is 11.3 Å². The number of hydrogen-bond acceptors (Lipinski definition) is 9. The van der Waals surface area contributed by atoms with Crippen LogP contribution in [-0.2, 0) is 26.6 Å². The number of nitrogens with one attached hydrogen (secondary N) is 1. The lowest BCUT2D eigenvalue weighted by atomic mass is 10.1. The Labute approximate surface area is 261 Å². The van der Waals surface area contributed by atoms with Gasteiger partial charge in [-0.1, -0.05) is 0 Å². The van der Waals surface area contributed by atoms with E-state index in [-0.39, 0.29) is 61.6 Å². The molecule has 1 atom stereocenters. The Morgan fingerprint density at radius 3 is 2.56 bits per heavy atom. The maximum Gasteiger partial charge on any atom is 0.408 e. The van der Waals surface area contributed by atoms with Gasteiger partial charge in [0.2, 0.25) is 5.95 Å². The lowest BCUT2D eigenvalue weighted by Gasteiger charge is -2.46. The highest BCUT2D eigenvalue weighted by Crippen LogP contribution is 2.50. The standard InChI is InChI=1S/C30H39F2N8O4P/c1-7-43-45(42,44-8-2)38(6)12-14-40(41)13-11-25-21(18-40)9-10-27(35-25)36-30-33-17-24(32)28(37-30)22-15-23(31)29-26(16-22)39(19(3)4)20(5)34-29/h9-10,15-17,19H,7-8,11-14,18H2,1-6H3,(H,33,35,36,37). The molecule has 0 bridgehead atoms. The number of likely N-dealkylation sites (N-methyl/N-ethyl adjacent to an activating group) is 1. The Morgan fingerprint density at radius 1 is 1.13 bits per heavy atom. The van der Waals surface area contributed by atoms with Crippen LogP contribution in [0.2, 0.25) is 0 Å². The van der Waals surface area contributed by atoms with E-state index >= 15 is 4.39 Å². The Balaban J connectivity index is 1.32. The number of anilines is 2. The summed E-state index contributed by atoms with van der Waals surface area (Å²) < 4.78 is 56.7. The molecule has 0 spiro atoms. The Hall–Kier alpha value is -3.39. The summed E-state index contributed by atoms with van der Waals surface area (Å²) in [6, 6.07) is 6.47. The summed E-state index contributed by atoms with van der Waals surface area (Å²) in [4.78, 5) is 17.4. The van der Waals surface area contributed by atoms with Crippen LogP contribution in [0.4, 0.5) is 20.5 Å². The molecule has 0 aliphatic carbocycles. The van der Waals surface area contributed by atoms with E-state index in [1.54, 1.807) is 40.0 Å². The second-order valence-electron chi connectivity index (χ2n) is 11.4. The minimum Gasteiger partial charge on any atom is -0.632 e. The molecular weight excluding hydrogens is 605 g/mol. The van der Waals surface area contributed by atoms with E-state index in [1.165, 1.54) is 10.7 Å². The number of pyridine rings is 1. The molecule has 0 saturated heterocycles. The number of fused-ring (bicyclic) bond motifs is 2. The first-order valence-corrected chi connectivity index (χ1v) is 16.5. The van der Waals surface area contributed by atoms with Gasteiger partial charge in [0.25, 0.3) is 0 Å². The lowest BCUT2D eigenvalue weighted by Crippen LogP contribution is -2.49. The van der Waals surface area contributed by atoms with Crippen molar-refractivity contribution < 1.29 is 27.0 Å². The third kappa shape index (κ3) is 6.91. The Bertz CT molecular complexity index is 1740. The predicted molar refractivity (Wildman–Crippen MR) is 168 cm³/mol. The third-order valence-corrected chi connectivity index (χ3v) is 10.0. The van der Waals surface area contributed by atoms with E-state index in [1.807, 2.05) is 24.5 Å². The van der Waals surface area contributed by atoms with Crippen LogP contribution in [-0.4, -0.2) is 73.7 Å². The molecule has 45 heavy (non-hydrogen) atoms. The first-order chi connectivity index (χ1) is 21.4. The minimum absolute atomic E-state index is 0.0264. The number of aryl methyl sites for hydroxylation is 1. The van der Waals surface area contributed by atoms with E-state index in [0.717, 1.165) is 17.5 Å². The van der Waals surface area contributed by atoms with Crippen molar-refractivity contribution in [1.82, 2.24) is 29.2 Å². The summed E-state index contributed by atoms with van der Waals surface area (Å²) in [7, 11) is -1.82. The number of hydrogen-bond donors (Lipinski definition) is 1. The number of aromatic nitrogens is 5. The van der Waals surface area contributed by atoms with Crippen molar-refractivity contribution in [2.45, 2.75) is 53.6 Å². The van der Waals surface area contributed by atoms with E-state index in [4.69, 9.17) is 9.05 Å². The smallest absolute Gasteiger partial charge is 0.408 e. The van der Waals surface area contributed by atoms with Crippen LogP contribution in [0.25, 0.3) is 22.3 Å². The predicted octanol–water partition coefficient (Wildman–Crippen LogP) is 6.28. The lowest BCUT2D eigenvalue weighted by molar-refractivity contribution is -0.895. The van der Waals surface area contributed by atoms with Gasteiger partial charge in [-0.25, -0.2) is 38.0 Å². The molecule has 12 nitrogen and oxygen atoms in total. The van der Waals surface area contributed by atoms with Gasteiger partial charge in [-0.2, -0.15) is 0 Å². The second-order valence-corrected chi connectivity index (χ2v) is 13.5. The van der Waals surface area contributed by atoms with Crippen molar-refractivity contribution in [1.29, 1.82) is 0 Å². The molecule has 15 heteroatoms. The molecule has 4 aromatic rings. The number of imidazole rings is 1. The number of halogens is 2. The largest absolute Gasteiger partial charge is 0.632 e. The maximum atomic E-state index is 15.1. The van der Waals surface area contributed by atoms with Crippen LogP contribution in [0.15, 0.2) is 30.5 Å². The molecule has 0 amide bonds. The Morgan fingerprint density at radius 2 is 1.87 bits per heavy atom. The third-order valence-electron chi connectivity index (χ3n) is 7.82. The monoisotopic (exact) mass is 644 g/mol. The van der Waals surface area contributed by atoms with Gasteiger partial charge in [0.1, 0.15) is 29.4 Å². The van der Waals surface area contributed by atoms with E-state index in [9.17, 15) is 14.2 Å². The molecule has 5 rings (SSSR count). The quantitative estimate of drug-likeness (QED) is 0.107. The van der Waals surface area contributed by atoms with Crippen LogP contribution in [0.3, 0.4) is 0 Å². The highest BCUT2D eigenvalue weighted by Gasteiger charge is 2.33. The van der Waals surface area contributed by atoms with Gasteiger partial charge in [0.15, 0.2) is 11.6 Å². The molecule has 0 radical (unpaired) electrons. The normalized spacial score (nSPS) is 17.0. The molecular formula is C30H39F2N8O4P. The second kappa shape index (κ2) is 13.1. The van der Waals surface area contributed by atoms with Crippen LogP contribution < -0.4 is 5.32 Å². The highest BCUT2D eigenvalue weighted by atomic mass is 31.2. The zero-order valence-electron chi connectivity index (χ0n) is 26.4. The molecule has 1 aliphatic heterocycles. The molecule has 1 unspecified atom stereocenters. The van der Waals surface area contributed by atoms with Gasteiger partial charge in [0.05, 0.1) is 50.3 Å². The summed E-state index contributed by atoms with van der Waals surface area (Å²) in [6.45, 7) is 10.6. The van der Waals surface area contributed by atoms with Crippen LogP contribution in [0.1, 0.15) is 50.8 Å². The van der Waals surface area contributed by atoms with Gasteiger partial charge in [-0.05, 0) is 65.9 Å². The first kappa shape index (κ1) is 33.0. The number of quaternary nitrogens is 1. The Kier molecular flexibility index (Phi) is 9.64. The fraction of sp³-hybridized carbons (Fsp3) is 0.467. The fourth-order valence-corrected chi connectivity index (χ4v) is 7.12. The van der Waals surface area contributed by atoms with Gasteiger partial charge >= 0.3 is 7.75 Å². The van der Waals surface area contributed by atoms with Crippen molar-refractivity contribution >= 4 is 30.5 Å². The topological polar surface area (TPSA) is 130 Å². The van der Waals surface area contributed by atoms with Gasteiger partial charge < -0.3 is 19.7 Å². The molecule has 3 aromatic heterocycles. The molecule has 1 aliphatic rings. The van der Waals surface area contributed by atoms with E-state index in [2.05, 4.69) is 25.3 Å². The number of nitrogens with zero attached hydrogens (tertiary/aromatic N) is 7. The molecule has 1 N–H and O–H groups in total. The highest BCUT2D eigenvalue weighted by molar-refractivity contribution is 7.51. The van der Waals surface area contributed by atoms with E-state index < -0.39 is 24.0 Å². The van der Waals surface area contributed by atoms with Crippen molar-refractivity contribution in [3.05, 3.63) is 64.4 Å². The van der Waals surface area contributed by atoms with Gasteiger partial charge in [-0.15, -0.1) is 0 Å². The fourth-order valence-electron chi connectivity index (χ4n) is 5.66. The van der Waals surface area contributed by atoms with Crippen molar-refractivity contribution in [2.24, 2.45) is 0 Å². The summed E-state index contributed by atoms with van der Waals surface area (Å²) in [5.41, 5.74) is 2.55. The number of hydroxylamine groups is 3. The summed E-state index contributed by atoms with van der Waals surface area (Å²) in [5.74, 6) is -0.0744. The maximum absolute atomic E-state index is 15.1. The first-order valence-electron chi connectivity index (χ1n) is 15.0. The number of rotatable bonds is 12. The summed E-state index contributed by atoms with van der Waals surface area (Å²) >= 11 is 0. The van der Waals surface area contributed by atoms with Crippen molar-refractivity contribution in [3.63, 3.8) is 0 Å². The molecule has 4 heterocycles. The summed E-state index contributed by atoms with van der Waals surface area (Å²) in [5, 5.41) is 16.6. The molecule has 242 valence electrons.